The van der Waals surface area contributed by atoms with Gasteiger partial charge in [0, 0.05) is 18.2 Å². The Morgan fingerprint density at radius 1 is 1.44 bits per heavy atom. The molecule has 1 fully saturated rings. The Labute approximate surface area is 96.2 Å². The molecule has 16 heavy (non-hydrogen) atoms. The van der Waals surface area contributed by atoms with Crippen molar-refractivity contribution >= 4 is 0 Å². The molecule has 0 saturated carbocycles. The van der Waals surface area contributed by atoms with E-state index in [1.807, 2.05) is 13.8 Å². The van der Waals surface area contributed by atoms with E-state index in [4.69, 9.17) is 4.52 Å². The topological polar surface area (TPSA) is 49.5 Å². The van der Waals surface area contributed by atoms with Crippen molar-refractivity contribution in [1.29, 1.82) is 0 Å². The third-order valence-corrected chi connectivity index (χ3v) is 3.50. The third-order valence-electron chi connectivity index (χ3n) is 3.50. The van der Waals surface area contributed by atoms with Crippen LogP contribution >= 0.6 is 0 Å². The fourth-order valence-corrected chi connectivity index (χ4v) is 2.41. The summed E-state index contributed by atoms with van der Waals surface area (Å²) in [7, 11) is 0. The van der Waals surface area contributed by atoms with E-state index >= 15 is 0 Å². The Morgan fingerprint density at radius 3 is 2.88 bits per heavy atom. The van der Waals surface area contributed by atoms with E-state index in [1.165, 1.54) is 18.4 Å². The number of nitrogens with zero attached hydrogens (tertiary/aromatic N) is 2. The fourth-order valence-electron chi connectivity index (χ4n) is 2.41. The van der Waals surface area contributed by atoms with Crippen LogP contribution in [0, 0.1) is 13.8 Å². The van der Waals surface area contributed by atoms with Gasteiger partial charge in [-0.25, -0.2) is 0 Å². The fraction of sp³-hybridized carbons (Fsp3) is 0.750. The van der Waals surface area contributed by atoms with Gasteiger partial charge < -0.3 is 9.63 Å². The van der Waals surface area contributed by atoms with Crippen molar-refractivity contribution in [2.45, 2.75) is 45.7 Å². The SMILES string of the molecule is Cc1noc(C)c1CN1CCCC[C@H]1CO. The molecule has 1 aromatic rings. The number of aliphatic hydroxyl groups is 1. The van der Waals surface area contributed by atoms with E-state index in [2.05, 4.69) is 10.1 Å². The number of rotatable bonds is 3. The molecule has 0 bridgehead atoms. The third kappa shape index (κ3) is 2.28. The summed E-state index contributed by atoms with van der Waals surface area (Å²) >= 11 is 0. The van der Waals surface area contributed by atoms with Gasteiger partial charge >= 0.3 is 0 Å². The number of aryl methyl sites for hydroxylation is 2. The zero-order valence-electron chi connectivity index (χ0n) is 10.1. The lowest BCUT2D eigenvalue weighted by Gasteiger charge is -2.34. The van der Waals surface area contributed by atoms with Gasteiger partial charge in [0.05, 0.1) is 12.3 Å². The van der Waals surface area contributed by atoms with E-state index in [1.54, 1.807) is 0 Å². The number of hydrogen-bond donors (Lipinski definition) is 1. The molecule has 1 N–H and O–H groups in total. The van der Waals surface area contributed by atoms with E-state index in [0.29, 0.717) is 6.04 Å². The maximum absolute atomic E-state index is 9.35. The number of aromatic nitrogens is 1. The van der Waals surface area contributed by atoms with Crippen LogP contribution in [0.2, 0.25) is 0 Å². The normalized spacial score (nSPS) is 22.6. The van der Waals surface area contributed by atoms with E-state index in [0.717, 1.165) is 31.0 Å². The van der Waals surface area contributed by atoms with Gasteiger partial charge in [-0.05, 0) is 33.2 Å². The highest BCUT2D eigenvalue weighted by molar-refractivity contribution is 5.20. The van der Waals surface area contributed by atoms with Gasteiger partial charge in [0.15, 0.2) is 0 Å². The van der Waals surface area contributed by atoms with Crippen molar-refractivity contribution in [3.05, 3.63) is 17.0 Å². The minimum Gasteiger partial charge on any atom is -0.395 e. The minimum atomic E-state index is 0.253. The van der Waals surface area contributed by atoms with E-state index in [-0.39, 0.29) is 6.61 Å². The van der Waals surface area contributed by atoms with Gasteiger partial charge in [0.2, 0.25) is 0 Å². The van der Waals surface area contributed by atoms with Gasteiger partial charge in [-0.15, -0.1) is 0 Å². The Morgan fingerprint density at radius 2 is 2.25 bits per heavy atom. The average Bonchev–Trinajstić information content (AvgIpc) is 2.61. The number of hydrogen-bond acceptors (Lipinski definition) is 4. The van der Waals surface area contributed by atoms with Crippen LogP contribution in [0.1, 0.15) is 36.3 Å². The monoisotopic (exact) mass is 224 g/mol. The Kier molecular flexibility index (Phi) is 3.61. The van der Waals surface area contributed by atoms with Gasteiger partial charge in [-0.2, -0.15) is 0 Å². The summed E-state index contributed by atoms with van der Waals surface area (Å²) in [5.74, 6) is 0.903. The molecule has 1 aliphatic rings. The van der Waals surface area contributed by atoms with Crippen LogP contribution in [0.4, 0.5) is 0 Å². The average molecular weight is 224 g/mol. The van der Waals surface area contributed by atoms with Crippen molar-refractivity contribution in [2.24, 2.45) is 0 Å². The molecule has 90 valence electrons. The molecule has 4 nitrogen and oxygen atoms in total. The maximum Gasteiger partial charge on any atom is 0.138 e. The highest BCUT2D eigenvalue weighted by Crippen LogP contribution is 2.22. The predicted molar refractivity (Wildman–Crippen MR) is 61.1 cm³/mol. The molecule has 0 spiro atoms. The summed E-state index contributed by atoms with van der Waals surface area (Å²) < 4.78 is 5.17. The first-order valence-electron chi connectivity index (χ1n) is 5.99. The molecule has 1 atom stereocenters. The van der Waals surface area contributed by atoms with Crippen LogP contribution in [-0.2, 0) is 6.54 Å². The maximum atomic E-state index is 9.35. The van der Waals surface area contributed by atoms with Crippen LogP contribution in [0.25, 0.3) is 0 Å². The van der Waals surface area contributed by atoms with Gasteiger partial charge in [-0.1, -0.05) is 11.6 Å². The first-order valence-corrected chi connectivity index (χ1v) is 5.99. The number of likely N-dealkylation sites (tertiary alicyclic amines) is 1. The molecule has 2 heterocycles. The van der Waals surface area contributed by atoms with Crippen LogP contribution in [0.5, 0.6) is 0 Å². The van der Waals surface area contributed by atoms with Crippen LogP contribution in [0.3, 0.4) is 0 Å². The second-order valence-electron chi connectivity index (χ2n) is 4.61. The molecule has 0 amide bonds. The molecule has 1 saturated heterocycles. The van der Waals surface area contributed by atoms with Crippen LogP contribution in [0.15, 0.2) is 4.52 Å². The van der Waals surface area contributed by atoms with Crippen molar-refractivity contribution in [2.75, 3.05) is 13.2 Å². The Hall–Kier alpha value is -0.870. The quantitative estimate of drug-likeness (QED) is 0.848. The Bertz CT molecular complexity index is 329. The molecular formula is C12H20N2O2. The van der Waals surface area contributed by atoms with Crippen molar-refractivity contribution in [3.63, 3.8) is 0 Å². The second-order valence-corrected chi connectivity index (χ2v) is 4.61. The molecule has 4 heteroatoms. The second kappa shape index (κ2) is 4.97. The van der Waals surface area contributed by atoms with Gasteiger partial charge in [-0.3, -0.25) is 4.90 Å². The summed E-state index contributed by atoms with van der Waals surface area (Å²) in [5.41, 5.74) is 2.15. The summed E-state index contributed by atoms with van der Waals surface area (Å²) in [5, 5.41) is 13.3. The highest BCUT2D eigenvalue weighted by Gasteiger charge is 2.23. The molecule has 1 aromatic heterocycles. The smallest absolute Gasteiger partial charge is 0.138 e. The zero-order valence-corrected chi connectivity index (χ0v) is 10.1. The molecular weight excluding hydrogens is 204 g/mol. The van der Waals surface area contributed by atoms with Crippen LogP contribution < -0.4 is 0 Å². The predicted octanol–water partition coefficient (Wildman–Crippen LogP) is 1.64. The molecule has 0 aromatic carbocycles. The highest BCUT2D eigenvalue weighted by atomic mass is 16.5. The van der Waals surface area contributed by atoms with Crippen molar-refractivity contribution < 1.29 is 9.63 Å². The molecule has 0 radical (unpaired) electrons. The summed E-state index contributed by atoms with van der Waals surface area (Å²) in [6.45, 7) is 6.10. The largest absolute Gasteiger partial charge is 0.395 e. The lowest BCUT2D eigenvalue weighted by Crippen LogP contribution is -2.41. The van der Waals surface area contributed by atoms with E-state index in [9.17, 15) is 5.11 Å². The zero-order chi connectivity index (χ0) is 11.5. The van der Waals surface area contributed by atoms with E-state index < -0.39 is 0 Å². The molecule has 0 aliphatic carbocycles. The summed E-state index contributed by atoms with van der Waals surface area (Å²) in [6.07, 6.45) is 3.54. The number of aliphatic hydroxyl groups excluding tert-OH is 1. The summed E-state index contributed by atoms with van der Waals surface area (Å²) in [4.78, 5) is 2.34. The van der Waals surface area contributed by atoms with Crippen molar-refractivity contribution in [3.8, 4) is 0 Å². The molecule has 0 unspecified atom stereocenters. The standard InChI is InChI=1S/C12H20N2O2/c1-9-12(10(2)16-13-9)7-14-6-4-3-5-11(14)8-15/h11,15H,3-8H2,1-2H3/t11-/m0/s1. The number of piperidine rings is 1. The first kappa shape index (κ1) is 11.6. The molecule has 1 aliphatic heterocycles. The van der Waals surface area contributed by atoms with Crippen molar-refractivity contribution in [1.82, 2.24) is 10.1 Å². The summed E-state index contributed by atoms with van der Waals surface area (Å²) in [6, 6.07) is 0.308. The van der Waals surface area contributed by atoms with Gasteiger partial charge in [0.25, 0.3) is 0 Å². The van der Waals surface area contributed by atoms with Crippen LogP contribution in [-0.4, -0.2) is 34.4 Å². The molecule has 2 rings (SSSR count). The lowest BCUT2D eigenvalue weighted by molar-refractivity contribution is 0.0836. The lowest BCUT2D eigenvalue weighted by atomic mass is 10.0. The van der Waals surface area contributed by atoms with Gasteiger partial charge in [0.1, 0.15) is 5.76 Å². The Balaban J connectivity index is 2.07. The first-order chi connectivity index (χ1) is 7.72. The minimum absolute atomic E-state index is 0.253.